The van der Waals surface area contributed by atoms with Gasteiger partial charge in [0.05, 0.1) is 0 Å². The average Bonchev–Trinajstić information content (AvgIpc) is 2.63. The molecule has 2 atom stereocenters. The Labute approximate surface area is 152 Å². The molecule has 2 unspecified atom stereocenters. The highest BCUT2D eigenvalue weighted by atomic mass is 31.2. The summed E-state index contributed by atoms with van der Waals surface area (Å²) in [5.41, 5.74) is 0. The Morgan fingerprint density at radius 2 is 1.15 bits per heavy atom. The van der Waals surface area contributed by atoms with Crippen LogP contribution in [0.1, 0.15) is 6.92 Å². The first kappa shape index (κ1) is 25.2. The van der Waals surface area contributed by atoms with E-state index in [4.69, 9.17) is 49.5 Å². The maximum atomic E-state index is 12.2. The Bertz CT molecular complexity index is 539. The summed E-state index contributed by atoms with van der Waals surface area (Å²) in [6, 6.07) is 0. The van der Waals surface area contributed by atoms with E-state index >= 15 is 0 Å². The van der Waals surface area contributed by atoms with Gasteiger partial charge in [0.25, 0.3) is 0 Å². The maximum Gasteiger partial charge on any atom is 0.479 e. The van der Waals surface area contributed by atoms with Gasteiger partial charge in [-0.15, -0.1) is 12.8 Å². The maximum absolute atomic E-state index is 12.2. The molecular weight excluding hydrogens is 394 g/mol. The molecule has 0 bridgehead atoms. The number of phosphoric ester groups is 2. The first-order valence-corrected chi connectivity index (χ1v) is 9.96. The molecule has 0 N–H and O–H groups in total. The van der Waals surface area contributed by atoms with Crippen LogP contribution in [0.3, 0.4) is 0 Å². The Hall–Kier alpha value is -0.780. The van der Waals surface area contributed by atoms with Gasteiger partial charge < -0.3 is 14.2 Å². The quantitative estimate of drug-likeness (QED) is 0.150. The molecule has 0 heterocycles. The summed E-state index contributed by atoms with van der Waals surface area (Å²) in [5, 5.41) is 0. The van der Waals surface area contributed by atoms with E-state index in [1.165, 1.54) is 7.11 Å². The summed E-state index contributed by atoms with van der Waals surface area (Å²) in [7, 11) is -6.70. The third-order valence-electron chi connectivity index (χ3n) is 2.03. The van der Waals surface area contributed by atoms with Crippen molar-refractivity contribution < 1.29 is 50.5 Å². The third kappa shape index (κ3) is 12.6. The van der Waals surface area contributed by atoms with E-state index in [-0.39, 0.29) is 26.8 Å². The van der Waals surface area contributed by atoms with Crippen LogP contribution in [-0.4, -0.2) is 54.1 Å². The van der Waals surface area contributed by atoms with E-state index in [9.17, 15) is 9.13 Å². The van der Waals surface area contributed by atoms with Crippen molar-refractivity contribution in [3.05, 3.63) is 0 Å². The molecule has 0 aromatic heterocycles. The van der Waals surface area contributed by atoms with Crippen molar-refractivity contribution in [3.8, 4) is 24.7 Å². The SMILES string of the molecule is C#CCOP(=O)(OCOC)OCOCOP(=O)(OCC#C)OCOCC. The predicted octanol–water partition coefficient (Wildman–Crippen LogP) is 2.10. The summed E-state index contributed by atoms with van der Waals surface area (Å²) >= 11 is 0. The molecule has 11 nitrogen and oxygen atoms in total. The lowest BCUT2D eigenvalue weighted by molar-refractivity contribution is -0.0902. The molecule has 0 rings (SSSR count). The van der Waals surface area contributed by atoms with Crippen molar-refractivity contribution >= 4 is 15.6 Å². The monoisotopic (exact) mass is 416 g/mol. The number of hydrogen-bond donors (Lipinski definition) is 0. The fourth-order valence-electron chi connectivity index (χ4n) is 0.996. The molecular formula is C13H22O11P2. The second kappa shape index (κ2) is 15.3. The molecule has 0 aromatic carbocycles. The van der Waals surface area contributed by atoms with E-state index in [0.29, 0.717) is 6.61 Å². The predicted molar refractivity (Wildman–Crippen MR) is 88.3 cm³/mol. The molecule has 0 amide bonds. The largest absolute Gasteiger partial charge is 0.479 e. The Kier molecular flexibility index (Phi) is 14.8. The van der Waals surface area contributed by atoms with E-state index in [1.807, 2.05) is 0 Å². The number of ether oxygens (including phenoxy) is 3. The van der Waals surface area contributed by atoms with Crippen molar-refractivity contribution in [1.82, 2.24) is 0 Å². The van der Waals surface area contributed by atoms with Crippen LogP contribution in [-0.2, 0) is 50.5 Å². The second-order valence-electron chi connectivity index (χ2n) is 3.82. The van der Waals surface area contributed by atoms with Gasteiger partial charge in [0.1, 0.15) is 13.2 Å². The Balaban J connectivity index is 4.35. The summed E-state index contributed by atoms with van der Waals surface area (Å²) in [6.45, 7) is -0.511. The molecule has 0 saturated heterocycles. The minimum absolute atomic E-state index is 0.320. The van der Waals surface area contributed by atoms with Crippen molar-refractivity contribution in [3.63, 3.8) is 0 Å². The van der Waals surface area contributed by atoms with Crippen LogP contribution in [0.15, 0.2) is 0 Å². The highest BCUT2D eigenvalue weighted by Gasteiger charge is 2.28. The van der Waals surface area contributed by atoms with Crippen LogP contribution in [0.2, 0.25) is 0 Å². The zero-order valence-corrected chi connectivity index (χ0v) is 16.3. The van der Waals surface area contributed by atoms with Crippen LogP contribution in [0.25, 0.3) is 0 Å². The molecule has 13 heteroatoms. The van der Waals surface area contributed by atoms with E-state index in [2.05, 4.69) is 16.6 Å². The van der Waals surface area contributed by atoms with E-state index in [0.717, 1.165) is 0 Å². The standard InChI is InChI=1S/C13H22O11P2/c1-5-8-19-25(14,21-10-16-4)23-12-18-13-24-26(15,20-9-6-2)22-11-17-7-3/h1-2H,7-13H2,3-4H3. The molecule has 0 aliphatic carbocycles. The smallest absolute Gasteiger partial charge is 0.358 e. The van der Waals surface area contributed by atoms with Crippen LogP contribution < -0.4 is 0 Å². The number of hydrogen-bond acceptors (Lipinski definition) is 11. The zero-order valence-electron chi connectivity index (χ0n) is 14.5. The molecule has 0 aliphatic heterocycles. The molecule has 26 heavy (non-hydrogen) atoms. The fraction of sp³-hybridized carbons (Fsp3) is 0.692. The lowest BCUT2D eigenvalue weighted by Crippen LogP contribution is -2.09. The highest BCUT2D eigenvalue weighted by molar-refractivity contribution is 7.48. The minimum Gasteiger partial charge on any atom is -0.358 e. The molecule has 150 valence electrons. The number of phosphoric acid groups is 2. The molecule has 0 saturated carbocycles. The fourth-order valence-corrected chi connectivity index (χ4v) is 2.75. The van der Waals surface area contributed by atoms with Gasteiger partial charge in [-0.3, -0.25) is 27.1 Å². The average molecular weight is 416 g/mol. The summed E-state index contributed by atoms with van der Waals surface area (Å²) in [4.78, 5) is 0. The molecule has 0 aliphatic rings. The van der Waals surface area contributed by atoms with Crippen LogP contribution in [0.5, 0.6) is 0 Å². The summed E-state index contributed by atoms with van der Waals surface area (Å²) < 4.78 is 67.6. The Morgan fingerprint density at radius 1 is 0.731 bits per heavy atom. The van der Waals surface area contributed by atoms with Crippen LogP contribution in [0, 0.1) is 24.7 Å². The van der Waals surface area contributed by atoms with E-state index < -0.39 is 29.2 Å². The van der Waals surface area contributed by atoms with Gasteiger partial charge in [-0.05, 0) is 6.92 Å². The number of methoxy groups -OCH3 is 1. The topological polar surface area (TPSA) is 117 Å². The molecule has 0 radical (unpaired) electrons. The van der Waals surface area contributed by atoms with Gasteiger partial charge in [0.15, 0.2) is 27.2 Å². The second-order valence-corrected chi connectivity index (χ2v) is 7.16. The van der Waals surface area contributed by atoms with Crippen molar-refractivity contribution in [2.24, 2.45) is 0 Å². The lowest BCUT2D eigenvalue weighted by atomic mass is 10.8. The van der Waals surface area contributed by atoms with Gasteiger partial charge in [-0.1, -0.05) is 11.8 Å². The van der Waals surface area contributed by atoms with Crippen LogP contribution >= 0.6 is 15.6 Å². The zero-order chi connectivity index (χ0) is 19.7. The van der Waals surface area contributed by atoms with Gasteiger partial charge in [0, 0.05) is 13.7 Å². The van der Waals surface area contributed by atoms with Crippen LogP contribution in [0.4, 0.5) is 0 Å². The third-order valence-corrected chi connectivity index (χ3v) is 4.60. The number of rotatable bonds is 17. The highest BCUT2D eigenvalue weighted by Crippen LogP contribution is 2.50. The summed E-state index contributed by atoms with van der Waals surface area (Å²) in [6.07, 6.45) is 10.0. The number of terminal acetylenes is 2. The first-order valence-electron chi connectivity index (χ1n) is 7.04. The molecule has 0 spiro atoms. The van der Waals surface area contributed by atoms with Gasteiger partial charge >= 0.3 is 15.6 Å². The lowest BCUT2D eigenvalue weighted by Gasteiger charge is -2.18. The molecule has 0 aromatic rings. The summed E-state index contributed by atoms with van der Waals surface area (Å²) in [5.74, 6) is 4.22. The minimum atomic E-state index is -4.01. The van der Waals surface area contributed by atoms with Gasteiger partial charge in [-0.25, -0.2) is 9.13 Å². The normalized spacial score (nSPS) is 15.5. The van der Waals surface area contributed by atoms with Gasteiger partial charge in [0.2, 0.25) is 0 Å². The Morgan fingerprint density at radius 3 is 1.54 bits per heavy atom. The first-order chi connectivity index (χ1) is 12.4. The van der Waals surface area contributed by atoms with E-state index in [1.54, 1.807) is 6.92 Å². The van der Waals surface area contributed by atoms with Crippen molar-refractivity contribution in [2.45, 2.75) is 6.92 Å². The van der Waals surface area contributed by atoms with Crippen molar-refractivity contribution in [2.75, 3.05) is 54.1 Å². The molecule has 0 fully saturated rings. The van der Waals surface area contributed by atoms with Gasteiger partial charge in [-0.2, -0.15) is 0 Å². The van der Waals surface area contributed by atoms with Crippen molar-refractivity contribution in [1.29, 1.82) is 0 Å².